The first-order chi connectivity index (χ1) is 13.1. The number of carbonyl (C=O) groups is 1. The zero-order valence-corrected chi connectivity index (χ0v) is 15.5. The van der Waals surface area contributed by atoms with Gasteiger partial charge < -0.3 is 14.2 Å². The maximum absolute atomic E-state index is 14.2. The molecular weight excluding hydrogens is 349 g/mol. The first-order valence-corrected chi connectivity index (χ1v) is 9.44. The third-order valence-corrected chi connectivity index (χ3v) is 5.33. The summed E-state index contributed by atoms with van der Waals surface area (Å²) in [6, 6.07) is 6.52. The minimum atomic E-state index is -0.335. The maximum Gasteiger partial charge on any atom is 0.227 e. The minimum Gasteiger partial charge on any atom is -0.379 e. The van der Waals surface area contributed by atoms with Crippen molar-refractivity contribution in [2.45, 2.75) is 19.9 Å². The summed E-state index contributed by atoms with van der Waals surface area (Å²) in [5.41, 5.74) is 1.73. The van der Waals surface area contributed by atoms with Gasteiger partial charge in [0.2, 0.25) is 5.91 Å². The Morgan fingerprint density at radius 2 is 2.04 bits per heavy atom. The van der Waals surface area contributed by atoms with Gasteiger partial charge in [0, 0.05) is 49.6 Å². The fraction of sp³-hybridized carbons (Fsp3) is 0.500. The number of ether oxygens (including phenoxy) is 1. The van der Waals surface area contributed by atoms with Gasteiger partial charge in [0.05, 0.1) is 19.8 Å². The van der Waals surface area contributed by atoms with Crippen LogP contribution in [-0.2, 0) is 22.5 Å². The van der Waals surface area contributed by atoms with Crippen molar-refractivity contribution in [2.75, 3.05) is 39.4 Å². The Hall–Kier alpha value is -2.25. The van der Waals surface area contributed by atoms with Gasteiger partial charge in [-0.1, -0.05) is 24.2 Å². The number of halogens is 1. The molecule has 1 atom stereocenters. The SMILES string of the molecule is CC(CN1CCOCC1)C(=O)N1CCc2onc(-c3ccccc3F)c2C1. The number of rotatable bonds is 4. The Balaban J connectivity index is 1.48. The molecule has 144 valence electrons. The van der Waals surface area contributed by atoms with Crippen LogP contribution in [0.15, 0.2) is 28.8 Å². The fourth-order valence-electron chi connectivity index (χ4n) is 3.82. The molecule has 1 aromatic carbocycles. The average Bonchev–Trinajstić information content (AvgIpc) is 3.11. The molecule has 0 radical (unpaired) electrons. The van der Waals surface area contributed by atoms with E-state index in [4.69, 9.17) is 9.26 Å². The van der Waals surface area contributed by atoms with Crippen LogP contribution in [0.5, 0.6) is 0 Å². The number of fused-ring (bicyclic) bond motifs is 1. The van der Waals surface area contributed by atoms with Crippen LogP contribution in [0.3, 0.4) is 0 Å². The first-order valence-electron chi connectivity index (χ1n) is 9.44. The smallest absolute Gasteiger partial charge is 0.227 e. The molecule has 0 bridgehead atoms. The molecule has 0 aliphatic carbocycles. The summed E-state index contributed by atoms with van der Waals surface area (Å²) in [4.78, 5) is 17.1. The molecule has 2 aliphatic heterocycles. The largest absolute Gasteiger partial charge is 0.379 e. The van der Waals surface area contributed by atoms with E-state index >= 15 is 0 Å². The third-order valence-electron chi connectivity index (χ3n) is 5.33. The topological polar surface area (TPSA) is 58.8 Å². The van der Waals surface area contributed by atoms with Gasteiger partial charge in [-0.15, -0.1) is 0 Å². The predicted octanol–water partition coefficient (Wildman–Crippen LogP) is 2.33. The lowest BCUT2D eigenvalue weighted by Crippen LogP contribution is -2.45. The van der Waals surface area contributed by atoms with Crippen LogP contribution in [0.1, 0.15) is 18.2 Å². The van der Waals surface area contributed by atoms with E-state index in [1.54, 1.807) is 18.2 Å². The molecule has 4 rings (SSSR count). The summed E-state index contributed by atoms with van der Waals surface area (Å²) >= 11 is 0. The Kier molecular flexibility index (Phi) is 5.22. The Bertz CT molecular complexity index is 817. The number of aromatic nitrogens is 1. The Labute approximate surface area is 157 Å². The van der Waals surface area contributed by atoms with E-state index in [1.165, 1.54) is 6.07 Å². The lowest BCUT2D eigenvalue weighted by molar-refractivity contribution is -0.137. The molecule has 0 saturated carbocycles. The van der Waals surface area contributed by atoms with Gasteiger partial charge in [0.25, 0.3) is 0 Å². The number of carbonyl (C=O) groups excluding carboxylic acids is 1. The highest BCUT2D eigenvalue weighted by atomic mass is 19.1. The summed E-state index contributed by atoms with van der Waals surface area (Å²) in [5, 5.41) is 4.09. The predicted molar refractivity (Wildman–Crippen MR) is 97.4 cm³/mol. The summed E-state index contributed by atoms with van der Waals surface area (Å²) in [6.07, 6.45) is 0.604. The van der Waals surface area contributed by atoms with Crippen LogP contribution in [0.25, 0.3) is 11.3 Å². The van der Waals surface area contributed by atoms with Crippen LogP contribution in [0.2, 0.25) is 0 Å². The summed E-state index contributed by atoms with van der Waals surface area (Å²) in [5.74, 6) is 0.435. The zero-order chi connectivity index (χ0) is 18.8. The number of hydrogen-bond donors (Lipinski definition) is 0. The van der Waals surface area contributed by atoms with E-state index in [9.17, 15) is 9.18 Å². The normalized spacial score (nSPS) is 19.0. The lowest BCUT2D eigenvalue weighted by atomic mass is 9.99. The van der Waals surface area contributed by atoms with Crippen LogP contribution >= 0.6 is 0 Å². The molecule has 1 fully saturated rings. The van der Waals surface area contributed by atoms with Crippen molar-refractivity contribution in [3.63, 3.8) is 0 Å². The zero-order valence-electron chi connectivity index (χ0n) is 15.5. The summed E-state index contributed by atoms with van der Waals surface area (Å²) in [7, 11) is 0. The van der Waals surface area contributed by atoms with E-state index in [-0.39, 0.29) is 17.6 Å². The monoisotopic (exact) mass is 373 g/mol. The van der Waals surface area contributed by atoms with Gasteiger partial charge in [-0.25, -0.2) is 4.39 Å². The molecule has 27 heavy (non-hydrogen) atoms. The molecule has 3 heterocycles. The van der Waals surface area contributed by atoms with Crippen molar-refractivity contribution >= 4 is 5.91 Å². The molecular formula is C20H24FN3O3. The van der Waals surface area contributed by atoms with Crippen molar-refractivity contribution in [1.82, 2.24) is 15.0 Å². The fourth-order valence-corrected chi connectivity index (χ4v) is 3.82. The third kappa shape index (κ3) is 3.75. The van der Waals surface area contributed by atoms with Gasteiger partial charge in [0.15, 0.2) is 0 Å². The second kappa shape index (κ2) is 7.78. The van der Waals surface area contributed by atoms with Crippen molar-refractivity contribution in [3.8, 4) is 11.3 Å². The Morgan fingerprint density at radius 3 is 2.81 bits per heavy atom. The number of hydrogen-bond acceptors (Lipinski definition) is 5. The summed E-state index contributed by atoms with van der Waals surface area (Å²) < 4.78 is 25.0. The number of benzene rings is 1. The van der Waals surface area contributed by atoms with Gasteiger partial charge in [-0.05, 0) is 12.1 Å². The van der Waals surface area contributed by atoms with E-state index in [0.29, 0.717) is 30.8 Å². The van der Waals surface area contributed by atoms with E-state index in [1.807, 2.05) is 11.8 Å². The van der Waals surface area contributed by atoms with Crippen LogP contribution in [0, 0.1) is 11.7 Å². The molecule has 1 saturated heterocycles. The minimum absolute atomic E-state index is 0.0959. The highest BCUT2D eigenvalue weighted by Gasteiger charge is 2.31. The Morgan fingerprint density at radius 1 is 1.26 bits per heavy atom. The van der Waals surface area contributed by atoms with E-state index in [0.717, 1.165) is 44.2 Å². The van der Waals surface area contributed by atoms with Gasteiger partial charge in [0.1, 0.15) is 17.3 Å². The summed E-state index contributed by atoms with van der Waals surface area (Å²) in [6.45, 7) is 6.89. The van der Waals surface area contributed by atoms with Crippen molar-refractivity contribution < 1.29 is 18.4 Å². The van der Waals surface area contributed by atoms with E-state index < -0.39 is 0 Å². The number of nitrogens with zero attached hydrogens (tertiary/aromatic N) is 3. The van der Waals surface area contributed by atoms with Gasteiger partial charge in [-0.3, -0.25) is 9.69 Å². The second-order valence-electron chi connectivity index (χ2n) is 7.24. The molecule has 2 aliphatic rings. The van der Waals surface area contributed by atoms with Gasteiger partial charge >= 0.3 is 0 Å². The van der Waals surface area contributed by atoms with Crippen molar-refractivity contribution in [1.29, 1.82) is 0 Å². The van der Waals surface area contributed by atoms with Gasteiger partial charge in [-0.2, -0.15) is 0 Å². The number of morpholine rings is 1. The molecule has 2 aromatic rings. The average molecular weight is 373 g/mol. The molecule has 1 amide bonds. The molecule has 0 N–H and O–H groups in total. The first kappa shape index (κ1) is 18.1. The molecule has 1 unspecified atom stereocenters. The molecule has 0 spiro atoms. The highest BCUT2D eigenvalue weighted by Crippen LogP contribution is 2.31. The quantitative estimate of drug-likeness (QED) is 0.823. The van der Waals surface area contributed by atoms with Crippen LogP contribution in [-0.4, -0.2) is 60.3 Å². The van der Waals surface area contributed by atoms with E-state index in [2.05, 4.69) is 10.1 Å². The maximum atomic E-state index is 14.2. The molecule has 1 aromatic heterocycles. The van der Waals surface area contributed by atoms with Crippen molar-refractivity contribution in [3.05, 3.63) is 41.4 Å². The lowest BCUT2D eigenvalue weighted by Gasteiger charge is -2.32. The van der Waals surface area contributed by atoms with Crippen molar-refractivity contribution in [2.24, 2.45) is 5.92 Å². The van der Waals surface area contributed by atoms with Crippen LogP contribution < -0.4 is 0 Å². The molecule has 7 heteroatoms. The van der Waals surface area contributed by atoms with Crippen LogP contribution in [0.4, 0.5) is 4.39 Å². The number of amides is 1. The standard InChI is InChI=1S/C20H24FN3O3/c1-14(12-23-8-10-26-11-9-23)20(25)24-7-6-18-16(13-24)19(22-27-18)15-4-2-3-5-17(15)21/h2-5,14H,6-13H2,1H3. The molecule has 6 nitrogen and oxygen atoms in total. The highest BCUT2D eigenvalue weighted by molar-refractivity contribution is 5.79. The second-order valence-corrected chi connectivity index (χ2v) is 7.24.